The van der Waals surface area contributed by atoms with Crippen molar-refractivity contribution in [2.45, 2.75) is 39.2 Å². The maximum absolute atomic E-state index is 3.46. The summed E-state index contributed by atoms with van der Waals surface area (Å²) in [5.74, 6) is 0. The average molecular weight is 182 g/mol. The molecular weight excluding hydrogens is 160 g/mol. The normalized spacial score (nSPS) is 35.1. The maximum Gasteiger partial charge on any atom is 0.0232 e. The lowest BCUT2D eigenvalue weighted by atomic mass is 9.83. The molecule has 2 rings (SSSR count). The fourth-order valence-corrected chi connectivity index (χ4v) is 2.73. The van der Waals surface area contributed by atoms with Crippen LogP contribution in [0.1, 0.15) is 33.1 Å². The second kappa shape index (κ2) is 3.58. The highest BCUT2D eigenvalue weighted by atomic mass is 15.2. The molecule has 2 aliphatic rings. The SMILES string of the molecule is CC1(C)CCCN([C@@H]2CCNC2)C1. The monoisotopic (exact) mass is 182 g/mol. The largest absolute Gasteiger partial charge is 0.315 e. The number of nitrogens with zero attached hydrogens (tertiary/aromatic N) is 1. The Morgan fingerprint density at radius 2 is 2.23 bits per heavy atom. The third kappa shape index (κ3) is 2.23. The minimum absolute atomic E-state index is 0.556. The third-order valence-corrected chi connectivity index (χ3v) is 3.48. The molecule has 2 nitrogen and oxygen atoms in total. The van der Waals surface area contributed by atoms with E-state index in [2.05, 4.69) is 24.1 Å². The van der Waals surface area contributed by atoms with E-state index in [1.54, 1.807) is 0 Å². The van der Waals surface area contributed by atoms with Crippen molar-refractivity contribution in [1.82, 2.24) is 10.2 Å². The van der Waals surface area contributed by atoms with Crippen molar-refractivity contribution in [3.05, 3.63) is 0 Å². The molecule has 0 saturated carbocycles. The summed E-state index contributed by atoms with van der Waals surface area (Å²) in [6.07, 6.45) is 4.16. The quantitative estimate of drug-likeness (QED) is 0.660. The van der Waals surface area contributed by atoms with Crippen LogP contribution in [0.15, 0.2) is 0 Å². The molecule has 2 heterocycles. The summed E-state index contributed by atoms with van der Waals surface area (Å²) < 4.78 is 0. The Hall–Kier alpha value is -0.0800. The predicted molar refractivity (Wildman–Crippen MR) is 55.9 cm³/mol. The van der Waals surface area contributed by atoms with Crippen LogP contribution in [0.4, 0.5) is 0 Å². The molecule has 0 aliphatic carbocycles. The average Bonchev–Trinajstić information content (AvgIpc) is 2.53. The lowest BCUT2D eigenvalue weighted by Crippen LogP contribution is -2.46. The van der Waals surface area contributed by atoms with Gasteiger partial charge in [-0.05, 0) is 37.8 Å². The number of likely N-dealkylation sites (tertiary alicyclic amines) is 1. The first-order valence-corrected chi connectivity index (χ1v) is 5.62. The van der Waals surface area contributed by atoms with Crippen molar-refractivity contribution in [1.29, 1.82) is 0 Å². The van der Waals surface area contributed by atoms with E-state index in [1.165, 1.54) is 45.4 Å². The highest BCUT2D eigenvalue weighted by Gasteiger charge is 2.31. The van der Waals surface area contributed by atoms with Gasteiger partial charge in [0, 0.05) is 19.1 Å². The van der Waals surface area contributed by atoms with Gasteiger partial charge < -0.3 is 5.32 Å². The van der Waals surface area contributed by atoms with E-state index < -0.39 is 0 Å². The van der Waals surface area contributed by atoms with Crippen molar-refractivity contribution < 1.29 is 0 Å². The van der Waals surface area contributed by atoms with Crippen LogP contribution in [-0.2, 0) is 0 Å². The zero-order valence-corrected chi connectivity index (χ0v) is 8.97. The lowest BCUT2D eigenvalue weighted by Gasteiger charge is -2.41. The molecule has 1 N–H and O–H groups in total. The lowest BCUT2D eigenvalue weighted by molar-refractivity contribution is 0.0851. The number of piperidine rings is 1. The van der Waals surface area contributed by atoms with Crippen molar-refractivity contribution in [2.75, 3.05) is 26.2 Å². The molecule has 2 aliphatic heterocycles. The molecule has 1 atom stereocenters. The summed E-state index contributed by atoms with van der Waals surface area (Å²) >= 11 is 0. The van der Waals surface area contributed by atoms with Crippen LogP contribution in [-0.4, -0.2) is 37.1 Å². The highest BCUT2D eigenvalue weighted by Crippen LogP contribution is 2.30. The minimum Gasteiger partial charge on any atom is -0.315 e. The Morgan fingerprint density at radius 1 is 1.38 bits per heavy atom. The molecule has 0 radical (unpaired) electrons. The summed E-state index contributed by atoms with van der Waals surface area (Å²) in [5.41, 5.74) is 0.556. The van der Waals surface area contributed by atoms with Gasteiger partial charge in [0.25, 0.3) is 0 Å². The van der Waals surface area contributed by atoms with Crippen molar-refractivity contribution in [3.63, 3.8) is 0 Å². The van der Waals surface area contributed by atoms with Gasteiger partial charge in [-0.2, -0.15) is 0 Å². The minimum atomic E-state index is 0.556. The molecule has 2 heteroatoms. The van der Waals surface area contributed by atoms with Gasteiger partial charge in [-0.3, -0.25) is 4.90 Å². The predicted octanol–water partition coefficient (Wildman–Crippen LogP) is 1.47. The van der Waals surface area contributed by atoms with Gasteiger partial charge in [-0.1, -0.05) is 13.8 Å². The van der Waals surface area contributed by atoms with Gasteiger partial charge in [0.1, 0.15) is 0 Å². The first kappa shape index (κ1) is 9.47. The van der Waals surface area contributed by atoms with Crippen LogP contribution in [0.2, 0.25) is 0 Å². The first-order chi connectivity index (χ1) is 6.17. The van der Waals surface area contributed by atoms with E-state index in [1.807, 2.05) is 0 Å². The Morgan fingerprint density at radius 3 is 2.85 bits per heavy atom. The molecule has 0 aromatic carbocycles. The number of hydrogen-bond donors (Lipinski definition) is 1. The van der Waals surface area contributed by atoms with E-state index in [-0.39, 0.29) is 0 Å². The third-order valence-electron chi connectivity index (χ3n) is 3.48. The molecule has 0 spiro atoms. The topological polar surface area (TPSA) is 15.3 Å². The summed E-state index contributed by atoms with van der Waals surface area (Å²) in [6.45, 7) is 9.88. The van der Waals surface area contributed by atoms with E-state index in [4.69, 9.17) is 0 Å². The van der Waals surface area contributed by atoms with Gasteiger partial charge in [-0.25, -0.2) is 0 Å². The van der Waals surface area contributed by atoms with E-state index in [0.717, 1.165) is 6.04 Å². The fourth-order valence-electron chi connectivity index (χ4n) is 2.73. The van der Waals surface area contributed by atoms with Crippen LogP contribution in [0, 0.1) is 5.41 Å². The van der Waals surface area contributed by atoms with Gasteiger partial charge in [0.05, 0.1) is 0 Å². The number of nitrogens with one attached hydrogen (secondary N) is 1. The van der Waals surface area contributed by atoms with Crippen LogP contribution in [0.5, 0.6) is 0 Å². The van der Waals surface area contributed by atoms with E-state index in [0.29, 0.717) is 5.41 Å². The standard InChI is InChI=1S/C11H22N2/c1-11(2)5-3-7-13(9-11)10-4-6-12-8-10/h10,12H,3-9H2,1-2H3/t10-/m1/s1. The molecule has 0 amide bonds. The second-order valence-corrected chi connectivity index (χ2v) is 5.38. The zero-order valence-electron chi connectivity index (χ0n) is 8.97. The molecule has 2 fully saturated rings. The van der Waals surface area contributed by atoms with E-state index >= 15 is 0 Å². The molecule has 2 saturated heterocycles. The maximum atomic E-state index is 3.46. The molecular formula is C11H22N2. The highest BCUT2D eigenvalue weighted by molar-refractivity contribution is 4.87. The summed E-state index contributed by atoms with van der Waals surface area (Å²) in [5, 5.41) is 3.46. The molecule has 0 unspecified atom stereocenters. The molecule has 76 valence electrons. The molecule has 0 aromatic heterocycles. The van der Waals surface area contributed by atoms with Gasteiger partial charge >= 0.3 is 0 Å². The second-order valence-electron chi connectivity index (χ2n) is 5.38. The van der Waals surface area contributed by atoms with Crippen molar-refractivity contribution in [2.24, 2.45) is 5.41 Å². The molecule has 13 heavy (non-hydrogen) atoms. The van der Waals surface area contributed by atoms with Crippen LogP contribution < -0.4 is 5.32 Å². The van der Waals surface area contributed by atoms with Gasteiger partial charge in [0.15, 0.2) is 0 Å². The fraction of sp³-hybridized carbons (Fsp3) is 1.00. The summed E-state index contributed by atoms with van der Waals surface area (Å²) in [4.78, 5) is 2.70. The van der Waals surface area contributed by atoms with Gasteiger partial charge in [-0.15, -0.1) is 0 Å². The first-order valence-electron chi connectivity index (χ1n) is 5.62. The Bertz CT molecular complexity index is 171. The smallest absolute Gasteiger partial charge is 0.0232 e. The van der Waals surface area contributed by atoms with Crippen LogP contribution in [0.3, 0.4) is 0 Å². The van der Waals surface area contributed by atoms with Crippen molar-refractivity contribution >= 4 is 0 Å². The van der Waals surface area contributed by atoms with Crippen molar-refractivity contribution in [3.8, 4) is 0 Å². The number of hydrogen-bond acceptors (Lipinski definition) is 2. The number of rotatable bonds is 1. The Labute approximate surface area is 81.7 Å². The zero-order chi connectivity index (χ0) is 9.31. The van der Waals surface area contributed by atoms with E-state index in [9.17, 15) is 0 Å². The molecule has 0 aromatic rings. The Balaban J connectivity index is 1.91. The van der Waals surface area contributed by atoms with Crippen LogP contribution >= 0.6 is 0 Å². The molecule has 0 bridgehead atoms. The van der Waals surface area contributed by atoms with Crippen LogP contribution in [0.25, 0.3) is 0 Å². The summed E-state index contributed by atoms with van der Waals surface area (Å²) in [6, 6.07) is 0.833. The van der Waals surface area contributed by atoms with Gasteiger partial charge in [0.2, 0.25) is 0 Å². The Kier molecular flexibility index (Phi) is 2.61. The summed E-state index contributed by atoms with van der Waals surface area (Å²) in [7, 11) is 0.